The van der Waals surface area contributed by atoms with Crippen LogP contribution in [0.3, 0.4) is 0 Å². The number of piperazine rings is 1. The first-order valence-corrected chi connectivity index (χ1v) is 13.0. The Balaban J connectivity index is 1.10. The molecule has 5 heteroatoms. The van der Waals surface area contributed by atoms with E-state index < -0.39 is 0 Å². The van der Waals surface area contributed by atoms with Crippen LogP contribution in [0.1, 0.15) is 51.4 Å². The maximum atomic E-state index is 12.9. The average molecular weight is 463 g/mol. The number of ether oxygens (including phenoxy) is 1. The molecule has 3 aromatic rings. The molecule has 182 valence electrons. The van der Waals surface area contributed by atoms with Crippen molar-refractivity contribution in [3.8, 4) is 16.9 Å². The molecule has 0 saturated carbocycles. The van der Waals surface area contributed by atoms with Crippen molar-refractivity contribution < 1.29 is 9.15 Å². The second kappa shape index (κ2) is 13.3. The van der Waals surface area contributed by atoms with Gasteiger partial charge in [0, 0.05) is 32.2 Å². The summed E-state index contributed by atoms with van der Waals surface area (Å²) in [4.78, 5) is 15.4. The fraction of sp³-hybridized carbons (Fsp3) is 0.483. The number of hydrogen-bond acceptors (Lipinski definition) is 5. The van der Waals surface area contributed by atoms with Crippen molar-refractivity contribution in [3.63, 3.8) is 0 Å². The molecule has 4 rings (SSSR count). The van der Waals surface area contributed by atoms with Crippen LogP contribution in [-0.2, 0) is 0 Å². The van der Waals surface area contributed by atoms with Gasteiger partial charge in [-0.3, -0.25) is 4.79 Å². The molecule has 1 aliphatic heterocycles. The van der Waals surface area contributed by atoms with Crippen LogP contribution in [0.25, 0.3) is 22.1 Å². The molecule has 5 nitrogen and oxygen atoms in total. The molecule has 0 radical (unpaired) electrons. The molecule has 2 aromatic carbocycles. The fourth-order valence-corrected chi connectivity index (χ4v) is 4.64. The lowest BCUT2D eigenvalue weighted by molar-refractivity contribution is 0.236. The number of hydrogen-bond donors (Lipinski definition) is 1. The minimum atomic E-state index is -0.0113. The van der Waals surface area contributed by atoms with Gasteiger partial charge in [0.2, 0.25) is 0 Å². The van der Waals surface area contributed by atoms with Crippen LogP contribution in [0.15, 0.2) is 64.0 Å². The summed E-state index contributed by atoms with van der Waals surface area (Å²) in [5, 5.41) is 4.00. The molecule has 34 heavy (non-hydrogen) atoms. The second-order valence-corrected chi connectivity index (χ2v) is 9.27. The van der Waals surface area contributed by atoms with Crippen molar-refractivity contribution in [3.05, 3.63) is 65.0 Å². The van der Waals surface area contributed by atoms with E-state index >= 15 is 0 Å². The van der Waals surface area contributed by atoms with E-state index in [9.17, 15) is 4.79 Å². The van der Waals surface area contributed by atoms with Gasteiger partial charge in [-0.05, 0) is 37.1 Å². The Labute approximate surface area is 203 Å². The molecule has 1 aliphatic rings. The average Bonchev–Trinajstić information content (AvgIpc) is 2.88. The highest BCUT2D eigenvalue weighted by molar-refractivity contribution is 5.82. The van der Waals surface area contributed by atoms with Crippen LogP contribution in [0.2, 0.25) is 0 Å². The van der Waals surface area contributed by atoms with E-state index in [1.54, 1.807) is 6.26 Å². The van der Waals surface area contributed by atoms with Gasteiger partial charge in [0.15, 0.2) is 5.43 Å². The Morgan fingerprint density at radius 3 is 2.32 bits per heavy atom. The van der Waals surface area contributed by atoms with E-state index in [2.05, 4.69) is 10.2 Å². The lowest BCUT2D eigenvalue weighted by atomic mass is 10.1. The number of fused-ring (bicyclic) bond motifs is 1. The summed E-state index contributed by atoms with van der Waals surface area (Å²) in [7, 11) is 0. The number of nitrogens with one attached hydrogen (secondary N) is 1. The monoisotopic (exact) mass is 462 g/mol. The minimum Gasteiger partial charge on any atom is -0.493 e. The Morgan fingerprint density at radius 1 is 0.853 bits per heavy atom. The third-order valence-electron chi connectivity index (χ3n) is 6.68. The topological polar surface area (TPSA) is 54.7 Å². The summed E-state index contributed by atoms with van der Waals surface area (Å²) in [5.74, 6) is 0.757. The van der Waals surface area contributed by atoms with Gasteiger partial charge in [0.1, 0.15) is 17.6 Å². The molecule has 0 spiro atoms. The molecule has 1 aromatic heterocycles. The molecule has 0 bridgehead atoms. The number of rotatable bonds is 13. The van der Waals surface area contributed by atoms with Gasteiger partial charge in [-0.15, -0.1) is 0 Å². The summed E-state index contributed by atoms with van der Waals surface area (Å²) in [6.07, 6.45) is 11.8. The highest BCUT2D eigenvalue weighted by atomic mass is 16.5. The SMILES string of the molecule is O=c1c(-c2ccccc2)coc2cc(OCCCCCCCCCCN3CCNCC3)ccc12. The van der Waals surface area contributed by atoms with Crippen molar-refractivity contribution in [2.24, 2.45) is 0 Å². The van der Waals surface area contributed by atoms with E-state index in [-0.39, 0.29) is 5.43 Å². The van der Waals surface area contributed by atoms with Gasteiger partial charge in [-0.1, -0.05) is 68.9 Å². The third-order valence-corrected chi connectivity index (χ3v) is 6.68. The molecule has 1 N–H and O–H groups in total. The first-order valence-electron chi connectivity index (χ1n) is 13.0. The summed E-state index contributed by atoms with van der Waals surface area (Å²) in [6.45, 7) is 6.69. The van der Waals surface area contributed by atoms with Crippen LogP contribution in [-0.4, -0.2) is 44.2 Å². The van der Waals surface area contributed by atoms with E-state index in [0.717, 1.165) is 30.8 Å². The van der Waals surface area contributed by atoms with E-state index in [1.165, 1.54) is 64.6 Å². The summed E-state index contributed by atoms with van der Waals surface area (Å²) < 4.78 is 11.7. The predicted octanol–water partition coefficient (Wildman–Crippen LogP) is 5.86. The summed E-state index contributed by atoms with van der Waals surface area (Å²) in [6, 6.07) is 15.1. The zero-order valence-corrected chi connectivity index (χ0v) is 20.3. The van der Waals surface area contributed by atoms with Gasteiger partial charge in [0.05, 0.1) is 17.6 Å². The minimum absolute atomic E-state index is 0.0113. The Kier molecular flexibility index (Phi) is 9.59. The zero-order valence-electron chi connectivity index (χ0n) is 20.3. The second-order valence-electron chi connectivity index (χ2n) is 9.27. The van der Waals surface area contributed by atoms with E-state index in [1.807, 2.05) is 48.5 Å². The number of nitrogens with zero attached hydrogens (tertiary/aromatic N) is 1. The van der Waals surface area contributed by atoms with Crippen molar-refractivity contribution in [1.82, 2.24) is 10.2 Å². The maximum absolute atomic E-state index is 12.9. The van der Waals surface area contributed by atoms with Gasteiger partial charge < -0.3 is 19.4 Å². The summed E-state index contributed by atoms with van der Waals surface area (Å²) >= 11 is 0. The maximum Gasteiger partial charge on any atom is 0.200 e. The first kappa shape index (κ1) is 24.5. The van der Waals surface area contributed by atoms with Crippen LogP contribution in [0.5, 0.6) is 5.75 Å². The van der Waals surface area contributed by atoms with Crippen molar-refractivity contribution in [1.29, 1.82) is 0 Å². The molecule has 2 heterocycles. The van der Waals surface area contributed by atoms with Crippen LogP contribution in [0, 0.1) is 0 Å². The highest BCUT2D eigenvalue weighted by Gasteiger charge is 2.10. The molecule has 0 atom stereocenters. The summed E-state index contributed by atoms with van der Waals surface area (Å²) in [5.41, 5.74) is 2.01. The van der Waals surface area contributed by atoms with Crippen molar-refractivity contribution >= 4 is 11.0 Å². The Hall–Kier alpha value is -2.63. The van der Waals surface area contributed by atoms with Gasteiger partial charge in [-0.2, -0.15) is 0 Å². The molecule has 0 amide bonds. The quantitative estimate of drug-likeness (QED) is 0.322. The Morgan fingerprint density at radius 2 is 1.56 bits per heavy atom. The molecule has 0 aliphatic carbocycles. The molecular formula is C29H38N2O3. The zero-order chi connectivity index (χ0) is 23.4. The first-order chi connectivity index (χ1) is 16.8. The lowest BCUT2D eigenvalue weighted by Crippen LogP contribution is -2.43. The largest absolute Gasteiger partial charge is 0.493 e. The van der Waals surface area contributed by atoms with E-state index in [4.69, 9.17) is 9.15 Å². The van der Waals surface area contributed by atoms with E-state index in [0.29, 0.717) is 23.1 Å². The van der Waals surface area contributed by atoms with Crippen LogP contribution < -0.4 is 15.5 Å². The number of benzene rings is 2. The Bertz CT molecular complexity index is 1060. The molecular weight excluding hydrogens is 424 g/mol. The fourth-order valence-electron chi connectivity index (χ4n) is 4.64. The number of unbranched alkanes of at least 4 members (excludes halogenated alkanes) is 7. The highest BCUT2D eigenvalue weighted by Crippen LogP contribution is 2.23. The smallest absolute Gasteiger partial charge is 0.200 e. The van der Waals surface area contributed by atoms with Crippen LogP contribution >= 0.6 is 0 Å². The predicted molar refractivity (Wildman–Crippen MR) is 140 cm³/mol. The van der Waals surface area contributed by atoms with Crippen molar-refractivity contribution in [2.75, 3.05) is 39.3 Å². The standard InChI is InChI=1S/C29H38N2O3/c32-29-26-15-14-25(22-28(26)34-23-27(29)24-12-8-7-9-13-24)33-21-11-6-4-2-1-3-5-10-18-31-19-16-30-17-20-31/h7-9,12-15,22-23,30H,1-6,10-11,16-21H2. The van der Waals surface area contributed by atoms with Crippen molar-refractivity contribution in [2.45, 2.75) is 51.4 Å². The van der Waals surface area contributed by atoms with Crippen LogP contribution in [0.4, 0.5) is 0 Å². The lowest BCUT2D eigenvalue weighted by Gasteiger charge is -2.27. The van der Waals surface area contributed by atoms with Gasteiger partial charge in [-0.25, -0.2) is 0 Å². The third kappa shape index (κ3) is 7.18. The van der Waals surface area contributed by atoms with Gasteiger partial charge in [0.25, 0.3) is 0 Å². The molecule has 1 fully saturated rings. The molecule has 0 unspecified atom stereocenters. The normalized spacial score (nSPS) is 14.5. The van der Waals surface area contributed by atoms with Gasteiger partial charge >= 0.3 is 0 Å². The molecule has 1 saturated heterocycles.